The van der Waals surface area contributed by atoms with Crippen LogP contribution in [-0.2, 0) is 0 Å². The van der Waals surface area contributed by atoms with Gasteiger partial charge in [0.2, 0.25) is 0 Å². The Labute approximate surface area is 112 Å². The second kappa shape index (κ2) is 6.33. The van der Waals surface area contributed by atoms with Gasteiger partial charge in [0.25, 0.3) is 0 Å². The Balaban J connectivity index is 0.000000186. The molecule has 2 aromatic heterocycles. The van der Waals surface area contributed by atoms with Crippen molar-refractivity contribution in [1.82, 2.24) is 14.5 Å². The maximum Gasteiger partial charge on any atom is 0.154 e. The Kier molecular flexibility index (Phi) is 4.52. The van der Waals surface area contributed by atoms with Crippen molar-refractivity contribution in [2.45, 2.75) is 31.7 Å². The molecule has 3 rings (SSSR count). The average Bonchev–Trinajstić information content (AvgIpc) is 3.08. The largest absolute Gasteiger partial charge is 0.345 e. The third kappa shape index (κ3) is 3.12. The van der Waals surface area contributed by atoms with Crippen molar-refractivity contribution in [1.29, 1.82) is 0 Å². The van der Waals surface area contributed by atoms with Crippen molar-refractivity contribution in [2.24, 2.45) is 10.7 Å². The van der Waals surface area contributed by atoms with Crippen LogP contribution in [0.3, 0.4) is 0 Å². The van der Waals surface area contributed by atoms with E-state index in [-0.39, 0.29) is 0 Å². The number of nitrogens with one attached hydrogen (secondary N) is 1. The van der Waals surface area contributed by atoms with E-state index in [0.717, 1.165) is 16.7 Å². The molecule has 0 amide bonds. The maximum atomic E-state index is 5.53. The summed E-state index contributed by atoms with van der Waals surface area (Å²) in [6.45, 7) is 3.73. The molecule has 102 valence electrons. The van der Waals surface area contributed by atoms with Crippen molar-refractivity contribution in [3.05, 3.63) is 30.5 Å². The number of hydrogen-bond donors (Lipinski definition) is 2. The fraction of sp³-hybridized carbons (Fsp3) is 0.429. The van der Waals surface area contributed by atoms with Crippen molar-refractivity contribution in [2.75, 3.05) is 7.05 Å². The highest BCUT2D eigenvalue weighted by atomic mass is 15.0. The van der Waals surface area contributed by atoms with Crippen molar-refractivity contribution in [3.63, 3.8) is 0 Å². The van der Waals surface area contributed by atoms with Crippen molar-refractivity contribution < 1.29 is 0 Å². The van der Waals surface area contributed by atoms with E-state index in [1.54, 1.807) is 19.4 Å². The number of hydrogen-bond acceptors (Lipinski definition) is 3. The highest BCUT2D eigenvalue weighted by molar-refractivity contribution is 5.72. The van der Waals surface area contributed by atoms with Gasteiger partial charge in [0.05, 0.1) is 11.7 Å². The molecule has 1 aliphatic carbocycles. The Hall–Kier alpha value is -1.88. The second-order valence-electron chi connectivity index (χ2n) is 4.65. The third-order valence-electron chi connectivity index (χ3n) is 3.33. The fourth-order valence-corrected chi connectivity index (χ4v) is 2.27. The van der Waals surface area contributed by atoms with Gasteiger partial charge in [0, 0.05) is 25.5 Å². The van der Waals surface area contributed by atoms with Crippen LogP contribution in [0.1, 0.15) is 25.7 Å². The molecule has 1 saturated carbocycles. The summed E-state index contributed by atoms with van der Waals surface area (Å²) in [4.78, 5) is 11.3. The van der Waals surface area contributed by atoms with Crippen LogP contribution in [0.4, 0.5) is 0 Å². The van der Waals surface area contributed by atoms with Crippen LogP contribution < -0.4 is 11.2 Å². The molecule has 0 atom stereocenters. The predicted molar refractivity (Wildman–Crippen MR) is 78.4 cm³/mol. The van der Waals surface area contributed by atoms with E-state index in [0.29, 0.717) is 6.04 Å². The maximum absolute atomic E-state index is 5.53. The van der Waals surface area contributed by atoms with Gasteiger partial charge in [-0.3, -0.25) is 9.56 Å². The summed E-state index contributed by atoms with van der Waals surface area (Å²) in [6, 6.07) is 2.49. The molecular formula is C14H21N5. The molecule has 3 N–H and O–H groups in total. The first kappa shape index (κ1) is 13.5. The fourth-order valence-electron chi connectivity index (χ4n) is 2.27. The summed E-state index contributed by atoms with van der Waals surface area (Å²) in [5.41, 5.74) is 8.15. The zero-order valence-corrected chi connectivity index (χ0v) is 11.3. The zero-order chi connectivity index (χ0) is 13.7. The van der Waals surface area contributed by atoms with Crippen LogP contribution in [0, 0.1) is 0 Å². The number of rotatable bonds is 1. The molecule has 5 heteroatoms. The quantitative estimate of drug-likeness (QED) is 0.820. The van der Waals surface area contributed by atoms with Gasteiger partial charge in [-0.05, 0) is 18.9 Å². The van der Waals surface area contributed by atoms with Gasteiger partial charge in [-0.2, -0.15) is 0 Å². The van der Waals surface area contributed by atoms with Crippen molar-refractivity contribution >= 4 is 17.4 Å². The van der Waals surface area contributed by atoms with Crippen LogP contribution >= 0.6 is 0 Å². The van der Waals surface area contributed by atoms with E-state index in [4.69, 9.17) is 5.73 Å². The number of aromatic amines is 1. The third-order valence-corrected chi connectivity index (χ3v) is 3.33. The van der Waals surface area contributed by atoms with Gasteiger partial charge in [-0.15, -0.1) is 0 Å². The Morgan fingerprint density at radius 2 is 2.26 bits per heavy atom. The Bertz CT molecular complexity index is 602. The molecule has 0 aliphatic heterocycles. The molecule has 2 aromatic rings. The highest BCUT2D eigenvalue weighted by Crippen LogP contribution is 2.14. The lowest BCUT2D eigenvalue weighted by molar-refractivity contribution is 0.704. The minimum Gasteiger partial charge on any atom is -0.345 e. The summed E-state index contributed by atoms with van der Waals surface area (Å²) < 4.78 is 1.89. The van der Waals surface area contributed by atoms with Gasteiger partial charge < -0.3 is 10.7 Å². The number of nitrogens with zero attached hydrogens (tertiary/aromatic N) is 3. The van der Waals surface area contributed by atoms with E-state index in [1.165, 1.54) is 25.7 Å². The standard InChI is InChI=1S/C9H10N4.C5H11N/c1-3-13-7-4-5-11-9(7)12-6-8(13)10-2;6-5-3-1-2-4-5/h3-6,11H,1H2,2H3;5H,1-4,6H2. The molecular weight excluding hydrogens is 238 g/mol. The summed E-state index contributed by atoms with van der Waals surface area (Å²) in [5.74, 6) is 0. The molecule has 2 heterocycles. The molecule has 0 aromatic carbocycles. The number of H-pyrrole nitrogens is 1. The molecule has 0 bridgehead atoms. The summed E-state index contributed by atoms with van der Waals surface area (Å²) in [5, 5.41) is 0. The molecule has 19 heavy (non-hydrogen) atoms. The van der Waals surface area contributed by atoms with E-state index in [2.05, 4.69) is 21.5 Å². The second-order valence-corrected chi connectivity index (χ2v) is 4.65. The molecule has 0 spiro atoms. The summed E-state index contributed by atoms with van der Waals surface area (Å²) in [7, 11) is 1.73. The van der Waals surface area contributed by atoms with Gasteiger partial charge in [0.15, 0.2) is 11.1 Å². The number of fused-ring (bicyclic) bond motifs is 1. The monoisotopic (exact) mass is 259 g/mol. The minimum atomic E-state index is 0.546. The molecule has 0 radical (unpaired) electrons. The first-order valence-corrected chi connectivity index (χ1v) is 6.62. The predicted octanol–water partition coefficient (Wildman–Crippen LogP) is 1.88. The average molecular weight is 259 g/mol. The van der Waals surface area contributed by atoms with Crippen LogP contribution in [-0.4, -0.2) is 27.6 Å². The van der Waals surface area contributed by atoms with Gasteiger partial charge in [-0.1, -0.05) is 19.4 Å². The summed E-state index contributed by atoms with van der Waals surface area (Å²) in [6.07, 6.45) is 10.5. The normalized spacial score (nSPS) is 16.4. The molecule has 0 saturated heterocycles. The van der Waals surface area contributed by atoms with Crippen LogP contribution in [0.2, 0.25) is 0 Å². The lowest BCUT2D eigenvalue weighted by Crippen LogP contribution is -2.16. The molecule has 1 aliphatic rings. The first-order valence-electron chi connectivity index (χ1n) is 6.62. The van der Waals surface area contributed by atoms with E-state index >= 15 is 0 Å². The highest BCUT2D eigenvalue weighted by Gasteiger charge is 2.07. The topological polar surface area (TPSA) is 72.0 Å². The van der Waals surface area contributed by atoms with E-state index < -0.39 is 0 Å². The zero-order valence-electron chi connectivity index (χ0n) is 11.3. The SMILES string of the molecule is C=Cn1c(=NC)cnc2[nH]ccc21.NC1CCCC1. The van der Waals surface area contributed by atoms with Crippen LogP contribution in [0.25, 0.3) is 17.4 Å². The summed E-state index contributed by atoms with van der Waals surface area (Å²) >= 11 is 0. The van der Waals surface area contributed by atoms with Crippen LogP contribution in [0.5, 0.6) is 0 Å². The molecule has 1 fully saturated rings. The lowest BCUT2D eigenvalue weighted by atomic mass is 10.3. The van der Waals surface area contributed by atoms with Gasteiger partial charge >= 0.3 is 0 Å². The van der Waals surface area contributed by atoms with E-state index in [9.17, 15) is 0 Å². The molecule has 5 nitrogen and oxygen atoms in total. The lowest BCUT2D eigenvalue weighted by Gasteiger charge is -2.00. The van der Waals surface area contributed by atoms with Crippen LogP contribution in [0.15, 0.2) is 30.0 Å². The number of nitrogens with two attached hydrogens (primary N) is 1. The Morgan fingerprint density at radius 3 is 2.79 bits per heavy atom. The van der Waals surface area contributed by atoms with Gasteiger partial charge in [-0.25, -0.2) is 4.98 Å². The van der Waals surface area contributed by atoms with Gasteiger partial charge in [0.1, 0.15) is 0 Å². The smallest absolute Gasteiger partial charge is 0.154 e. The number of aromatic nitrogens is 3. The first-order chi connectivity index (χ1) is 9.26. The van der Waals surface area contributed by atoms with E-state index in [1.807, 2.05) is 16.8 Å². The molecule has 0 unspecified atom stereocenters. The minimum absolute atomic E-state index is 0.546. The van der Waals surface area contributed by atoms with Crippen molar-refractivity contribution in [3.8, 4) is 0 Å². The Morgan fingerprint density at radius 1 is 1.53 bits per heavy atom.